The molecule has 1 fully saturated rings. The van der Waals surface area contributed by atoms with E-state index in [0.717, 1.165) is 19.7 Å². The molecule has 1 rings (SSSR count). The largest absolute Gasteiger partial charge is 0.377 e. The number of hydrogen-bond donors (Lipinski definition) is 1. The highest BCUT2D eigenvalue weighted by atomic mass is 16.5. The fraction of sp³-hybridized carbons (Fsp3) is 1.00. The standard InChI is InChI=1S/C14H29NO/c1-14(2,3)12-15-10-11-16-13-8-6-4-5-7-9-13/h13,15H,4-12H2,1-3H3. The van der Waals surface area contributed by atoms with E-state index < -0.39 is 0 Å². The number of ether oxygens (including phenoxy) is 1. The van der Waals surface area contributed by atoms with Gasteiger partial charge < -0.3 is 10.1 Å². The maximum atomic E-state index is 5.92. The molecular formula is C14H29NO. The lowest BCUT2D eigenvalue weighted by atomic mass is 9.97. The molecule has 96 valence electrons. The molecule has 1 saturated carbocycles. The Hall–Kier alpha value is -0.0800. The molecule has 2 heteroatoms. The van der Waals surface area contributed by atoms with Crippen LogP contribution in [0.5, 0.6) is 0 Å². The van der Waals surface area contributed by atoms with Gasteiger partial charge in [-0.15, -0.1) is 0 Å². The minimum atomic E-state index is 0.377. The van der Waals surface area contributed by atoms with Crippen molar-refractivity contribution in [3.63, 3.8) is 0 Å². The van der Waals surface area contributed by atoms with Crippen molar-refractivity contribution < 1.29 is 4.74 Å². The smallest absolute Gasteiger partial charge is 0.0594 e. The van der Waals surface area contributed by atoms with Crippen LogP contribution in [-0.2, 0) is 4.74 Å². The molecule has 0 unspecified atom stereocenters. The number of hydrogen-bond acceptors (Lipinski definition) is 2. The van der Waals surface area contributed by atoms with Gasteiger partial charge in [0.2, 0.25) is 0 Å². The Balaban J connectivity index is 1.97. The van der Waals surface area contributed by atoms with Crippen LogP contribution in [0.25, 0.3) is 0 Å². The molecule has 0 radical (unpaired) electrons. The van der Waals surface area contributed by atoms with Crippen LogP contribution >= 0.6 is 0 Å². The quantitative estimate of drug-likeness (QED) is 0.574. The van der Waals surface area contributed by atoms with Crippen molar-refractivity contribution in [1.82, 2.24) is 5.32 Å². The van der Waals surface area contributed by atoms with Gasteiger partial charge >= 0.3 is 0 Å². The second-order valence-corrected chi connectivity index (χ2v) is 6.22. The summed E-state index contributed by atoms with van der Waals surface area (Å²) >= 11 is 0. The summed E-state index contributed by atoms with van der Waals surface area (Å²) in [4.78, 5) is 0. The third-order valence-electron chi connectivity index (χ3n) is 3.09. The zero-order valence-corrected chi connectivity index (χ0v) is 11.3. The predicted octanol–water partition coefficient (Wildman–Crippen LogP) is 3.36. The van der Waals surface area contributed by atoms with Gasteiger partial charge in [-0.05, 0) is 18.3 Å². The van der Waals surface area contributed by atoms with Gasteiger partial charge in [0.1, 0.15) is 0 Å². The molecule has 1 aliphatic rings. The molecule has 0 atom stereocenters. The van der Waals surface area contributed by atoms with Gasteiger partial charge in [-0.25, -0.2) is 0 Å². The minimum absolute atomic E-state index is 0.377. The first-order chi connectivity index (χ1) is 7.58. The maximum Gasteiger partial charge on any atom is 0.0594 e. The lowest BCUT2D eigenvalue weighted by Crippen LogP contribution is -2.30. The van der Waals surface area contributed by atoms with Gasteiger partial charge in [0.25, 0.3) is 0 Å². The Labute approximate surface area is 101 Å². The monoisotopic (exact) mass is 227 g/mol. The van der Waals surface area contributed by atoms with Crippen molar-refractivity contribution in [3.05, 3.63) is 0 Å². The molecule has 0 amide bonds. The molecule has 0 aromatic rings. The summed E-state index contributed by atoms with van der Waals surface area (Å²) in [5.41, 5.74) is 0.377. The highest BCUT2D eigenvalue weighted by Crippen LogP contribution is 2.19. The summed E-state index contributed by atoms with van der Waals surface area (Å²) in [5, 5.41) is 3.46. The van der Waals surface area contributed by atoms with E-state index in [1.807, 2.05) is 0 Å². The number of nitrogens with one attached hydrogen (secondary N) is 1. The van der Waals surface area contributed by atoms with Crippen molar-refractivity contribution in [3.8, 4) is 0 Å². The summed E-state index contributed by atoms with van der Waals surface area (Å²) in [6, 6.07) is 0. The molecule has 1 aliphatic carbocycles. The van der Waals surface area contributed by atoms with Gasteiger partial charge in [0, 0.05) is 13.1 Å². The summed E-state index contributed by atoms with van der Waals surface area (Å²) in [5.74, 6) is 0. The molecule has 1 N–H and O–H groups in total. The van der Waals surface area contributed by atoms with Crippen LogP contribution < -0.4 is 5.32 Å². The van der Waals surface area contributed by atoms with Crippen LogP contribution in [0, 0.1) is 5.41 Å². The molecule has 0 bridgehead atoms. The lowest BCUT2D eigenvalue weighted by molar-refractivity contribution is 0.0444. The Morgan fingerprint density at radius 1 is 1.06 bits per heavy atom. The lowest BCUT2D eigenvalue weighted by Gasteiger charge is -2.20. The fourth-order valence-corrected chi connectivity index (χ4v) is 2.17. The van der Waals surface area contributed by atoms with Crippen molar-refractivity contribution in [1.29, 1.82) is 0 Å². The van der Waals surface area contributed by atoms with E-state index in [9.17, 15) is 0 Å². The van der Waals surface area contributed by atoms with Gasteiger partial charge in [-0.1, -0.05) is 46.5 Å². The highest BCUT2D eigenvalue weighted by molar-refractivity contribution is 4.66. The molecule has 16 heavy (non-hydrogen) atoms. The Morgan fingerprint density at radius 2 is 1.69 bits per heavy atom. The van der Waals surface area contributed by atoms with E-state index in [1.165, 1.54) is 38.5 Å². The fourth-order valence-electron chi connectivity index (χ4n) is 2.17. The van der Waals surface area contributed by atoms with E-state index in [2.05, 4.69) is 26.1 Å². The van der Waals surface area contributed by atoms with Crippen LogP contribution in [-0.4, -0.2) is 25.8 Å². The second kappa shape index (κ2) is 7.29. The van der Waals surface area contributed by atoms with E-state index in [1.54, 1.807) is 0 Å². The minimum Gasteiger partial charge on any atom is -0.377 e. The molecule has 0 aromatic heterocycles. The van der Waals surface area contributed by atoms with Crippen molar-refractivity contribution in [2.75, 3.05) is 19.7 Å². The molecule has 0 spiro atoms. The third-order valence-corrected chi connectivity index (χ3v) is 3.09. The molecule has 0 saturated heterocycles. The van der Waals surface area contributed by atoms with Crippen molar-refractivity contribution in [2.24, 2.45) is 5.41 Å². The van der Waals surface area contributed by atoms with Crippen molar-refractivity contribution in [2.45, 2.75) is 65.4 Å². The molecule has 0 heterocycles. The van der Waals surface area contributed by atoms with E-state index >= 15 is 0 Å². The summed E-state index contributed by atoms with van der Waals surface area (Å²) in [7, 11) is 0. The topological polar surface area (TPSA) is 21.3 Å². The number of rotatable bonds is 5. The molecule has 0 aliphatic heterocycles. The molecular weight excluding hydrogens is 198 g/mol. The summed E-state index contributed by atoms with van der Waals surface area (Å²) < 4.78 is 5.92. The normalized spacial score (nSPS) is 19.7. The first-order valence-electron chi connectivity index (χ1n) is 6.90. The Morgan fingerprint density at radius 3 is 2.25 bits per heavy atom. The first kappa shape index (κ1) is 14.0. The van der Waals surface area contributed by atoms with Crippen LogP contribution in [0.15, 0.2) is 0 Å². The van der Waals surface area contributed by atoms with E-state index in [4.69, 9.17) is 4.74 Å². The average molecular weight is 227 g/mol. The van der Waals surface area contributed by atoms with Crippen LogP contribution in [0.4, 0.5) is 0 Å². The van der Waals surface area contributed by atoms with Crippen LogP contribution in [0.1, 0.15) is 59.3 Å². The predicted molar refractivity (Wildman–Crippen MR) is 69.8 cm³/mol. The summed E-state index contributed by atoms with van der Waals surface area (Å²) in [6.07, 6.45) is 8.63. The molecule has 2 nitrogen and oxygen atoms in total. The first-order valence-corrected chi connectivity index (χ1v) is 6.90. The SMILES string of the molecule is CC(C)(C)CNCCOC1CCCCCC1. The molecule has 0 aromatic carbocycles. The highest BCUT2D eigenvalue weighted by Gasteiger charge is 2.12. The van der Waals surface area contributed by atoms with Crippen molar-refractivity contribution >= 4 is 0 Å². The summed E-state index contributed by atoms with van der Waals surface area (Å²) in [6.45, 7) is 9.71. The average Bonchev–Trinajstić information content (AvgIpc) is 2.44. The zero-order chi connectivity index (χ0) is 11.9. The van der Waals surface area contributed by atoms with Gasteiger partial charge in [-0.3, -0.25) is 0 Å². The maximum absolute atomic E-state index is 5.92. The van der Waals surface area contributed by atoms with E-state index in [0.29, 0.717) is 11.5 Å². The zero-order valence-electron chi connectivity index (χ0n) is 11.3. The Kier molecular flexibility index (Phi) is 6.37. The van der Waals surface area contributed by atoms with Gasteiger partial charge in [-0.2, -0.15) is 0 Å². The van der Waals surface area contributed by atoms with Crippen LogP contribution in [0.3, 0.4) is 0 Å². The third kappa shape index (κ3) is 7.24. The van der Waals surface area contributed by atoms with Gasteiger partial charge in [0.15, 0.2) is 0 Å². The second-order valence-electron chi connectivity index (χ2n) is 6.22. The Bertz CT molecular complexity index is 166. The van der Waals surface area contributed by atoms with E-state index in [-0.39, 0.29) is 0 Å². The van der Waals surface area contributed by atoms with Gasteiger partial charge in [0.05, 0.1) is 12.7 Å². The van der Waals surface area contributed by atoms with Crippen LogP contribution in [0.2, 0.25) is 0 Å².